The highest BCUT2D eigenvalue weighted by Crippen LogP contribution is 2.46. The van der Waals surface area contributed by atoms with E-state index in [1.165, 1.54) is 4.90 Å². The molecule has 3 saturated heterocycles. The van der Waals surface area contributed by atoms with Crippen LogP contribution in [-0.4, -0.2) is 77.5 Å². The van der Waals surface area contributed by atoms with Gasteiger partial charge in [0.05, 0.1) is 19.3 Å². The molecular formula is C20H31N5O4. The molecule has 1 spiro atoms. The molecule has 3 aliphatic heterocycles. The fourth-order valence-corrected chi connectivity index (χ4v) is 5.03. The Balaban J connectivity index is 1.45. The molecule has 0 aromatic carbocycles. The lowest BCUT2D eigenvalue weighted by Crippen LogP contribution is -2.66. The van der Waals surface area contributed by atoms with Gasteiger partial charge in [-0.1, -0.05) is 13.3 Å². The van der Waals surface area contributed by atoms with Crippen LogP contribution >= 0.6 is 0 Å². The average molecular weight is 405 g/mol. The first-order chi connectivity index (χ1) is 13.9. The van der Waals surface area contributed by atoms with Crippen LogP contribution in [0.4, 0.5) is 4.79 Å². The second-order valence-electron chi connectivity index (χ2n) is 8.93. The lowest BCUT2D eigenvalue weighted by molar-refractivity contribution is -0.147. The van der Waals surface area contributed by atoms with Gasteiger partial charge in [-0.15, -0.1) is 0 Å². The van der Waals surface area contributed by atoms with Crippen LogP contribution in [0, 0.1) is 5.41 Å². The standard InChI is InChI=1S/C20H31N5O4/c1-2-3-8-24-17(26)15(16(21)22)18(27)25(19(24)28)13-4-6-20(7-5-13)11-23(12-20)14-9-29-10-14/h13-14H,2-12,21-22H2,1H3. The lowest BCUT2D eigenvalue weighted by atomic mass is 9.66. The van der Waals surface area contributed by atoms with Gasteiger partial charge in [-0.3, -0.25) is 24.3 Å². The quantitative estimate of drug-likeness (QED) is 0.500. The number of nitrogens with two attached hydrogens (primary N) is 2. The van der Waals surface area contributed by atoms with Crippen molar-refractivity contribution in [1.29, 1.82) is 0 Å². The summed E-state index contributed by atoms with van der Waals surface area (Å²) >= 11 is 0. The first-order valence-corrected chi connectivity index (χ1v) is 10.6. The third-order valence-corrected chi connectivity index (χ3v) is 6.95. The topological polar surface area (TPSA) is 122 Å². The molecule has 0 unspecified atom stereocenters. The number of carbonyl (C=O) groups excluding carboxylic acids is 3. The highest BCUT2D eigenvalue weighted by molar-refractivity contribution is 6.29. The van der Waals surface area contributed by atoms with Crippen LogP contribution in [0.25, 0.3) is 0 Å². The number of likely N-dealkylation sites (tertiary alicyclic amines) is 1. The molecule has 4 fully saturated rings. The van der Waals surface area contributed by atoms with Crippen LogP contribution in [0.3, 0.4) is 0 Å². The Bertz CT molecular complexity index is 727. The molecule has 4 rings (SSSR count). The fraction of sp³-hybridized carbons (Fsp3) is 0.750. The van der Waals surface area contributed by atoms with Gasteiger partial charge < -0.3 is 16.2 Å². The summed E-state index contributed by atoms with van der Waals surface area (Å²) in [5.41, 5.74) is 11.3. The number of ether oxygens (including phenoxy) is 1. The first kappa shape index (κ1) is 20.2. The van der Waals surface area contributed by atoms with E-state index in [1.54, 1.807) is 0 Å². The summed E-state index contributed by atoms with van der Waals surface area (Å²) in [5.74, 6) is -1.63. The summed E-state index contributed by atoms with van der Waals surface area (Å²) in [6.45, 7) is 6.03. The van der Waals surface area contributed by atoms with E-state index >= 15 is 0 Å². The molecule has 4 aliphatic rings. The van der Waals surface area contributed by atoms with E-state index in [-0.39, 0.29) is 29.4 Å². The SMILES string of the molecule is CCCCN1C(=O)C(=C(N)N)C(=O)N(C2CCC3(CC2)CN(C2COC2)C3)C1=O. The summed E-state index contributed by atoms with van der Waals surface area (Å²) in [7, 11) is 0. The van der Waals surface area contributed by atoms with Crippen molar-refractivity contribution in [3.63, 3.8) is 0 Å². The number of hydrogen-bond acceptors (Lipinski definition) is 7. The van der Waals surface area contributed by atoms with E-state index in [2.05, 4.69) is 4.90 Å². The average Bonchev–Trinajstić information content (AvgIpc) is 2.60. The zero-order valence-corrected chi connectivity index (χ0v) is 17.1. The second kappa shape index (κ2) is 7.60. The number of carbonyl (C=O) groups is 3. The minimum atomic E-state index is -0.672. The van der Waals surface area contributed by atoms with Crippen LogP contribution in [0.15, 0.2) is 11.4 Å². The van der Waals surface area contributed by atoms with Crippen LogP contribution < -0.4 is 11.5 Å². The number of rotatable bonds is 5. The summed E-state index contributed by atoms with van der Waals surface area (Å²) in [6, 6.07) is -0.184. The maximum atomic E-state index is 13.0. The Labute approximate surface area is 171 Å². The van der Waals surface area contributed by atoms with Gasteiger partial charge in [0.15, 0.2) is 0 Å². The molecule has 0 radical (unpaired) electrons. The summed E-state index contributed by atoms with van der Waals surface area (Å²) in [6.07, 6.45) is 4.94. The zero-order chi connectivity index (χ0) is 20.8. The number of nitrogens with zero attached hydrogens (tertiary/aromatic N) is 3. The summed E-state index contributed by atoms with van der Waals surface area (Å²) < 4.78 is 5.28. The molecule has 9 nitrogen and oxygen atoms in total. The number of amides is 4. The van der Waals surface area contributed by atoms with Crippen molar-refractivity contribution >= 4 is 17.8 Å². The monoisotopic (exact) mass is 405 g/mol. The van der Waals surface area contributed by atoms with Gasteiger partial charge in [-0.25, -0.2) is 4.79 Å². The second-order valence-corrected chi connectivity index (χ2v) is 8.93. The van der Waals surface area contributed by atoms with Crippen molar-refractivity contribution in [3.8, 4) is 0 Å². The molecule has 1 saturated carbocycles. The largest absolute Gasteiger partial charge is 0.385 e. The van der Waals surface area contributed by atoms with Crippen molar-refractivity contribution in [2.45, 2.75) is 57.5 Å². The molecule has 160 valence electrons. The van der Waals surface area contributed by atoms with Crippen LogP contribution in [0.5, 0.6) is 0 Å². The number of urea groups is 1. The van der Waals surface area contributed by atoms with E-state index < -0.39 is 17.8 Å². The van der Waals surface area contributed by atoms with Crippen LogP contribution in [0.1, 0.15) is 45.4 Å². The maximum Gasteiger partial charge on any atom is 0.334 e. The fourth-order valence-electron chi connectivity index (χ4n) is 5.03. The Kier molecular flexibility index (Phi) is 5.29. The predicted octanol–water partition coefficient (Wildman–Crippen LogP) is 0.350. The van der Waals surface area contributed by atoms with Crippen molar-refractivity contribution in [2.24, 2.45) is 16.9 Å². The smallest absolute Gasteiger partial charge is 0.334 e. The molecule has 4 N–H and O–H groups in total. The van der Waals surface area contributed by atoms with Crippen molar-refractivity contribution in [1.82, 2.24) is 14.7 Å². The number of hydrogen-bond donors (Lipinski definition) is 2. The van der Waals surface area contributed by atoms with Gasteiger partial charge >= 0.3 is 6.03 Å². The van der Waals surface area contributed by atoms with E-state index in [4.69, 9.17) is 16.2 Å². The van der Waals surface area contributed by atoms with Crippen molar-refractivity contribution in [2.75, 3.05) is 32.8 Å². The molecule has 1 aliphatic carbocycles. The van der Waals surface area contributed by atoms with E-state index in [0.29, 0.717) is 12.5 Å². The number of unbranched alkanes of at least 4 members (excludes halogenated alkanes) is 1. The van der Waals surface area contributed by atoms with Gasteiger partial charge in [0, 0.05) is 25.7 Å². The van der Waals surface area contributed by atoms with Crippen molar-refractivity contribution < 1.29 is 19.1 Å². The van der Waals surface area contributed by atoms with Gasteiger partial charge in [0.25, 0.3) is 11.8 Å². The molecule has 29 heavy (non-hydrogen) atoms. The third-order valence-electron chi connectivity index (χ3n) is 6.95. The van der Waals surface area contributed by atoms with E-state index in [9.17, 15) is 14.4 Å². The molecule has 9 heteroatoms. The van der Waals surface area contributed by atoms with E-state index in [0.717, 1.165) is 63.3 Å². The zero-order valence-electron chi connectivity index (χ0n) is 17.1. The molecule has 0 aromatic rings. The summed E-state index contributed by atoms with van der Waals surface area (Å²) in [5, 5.41) is 0. The molecule has 3 heterocycles. The minimum Gasteiger partial charge on any atom is -0.385 e. The minimum absolute atomic E-state index is 0.215. The highest BCUT2D eigenvalue weighted by atomic mass is 16.5. The van der Waals surface area contributed by atoms with Crippen LogP contribution in [0.2, 0.25) is 0 Å². The van der Waals surface area contributed by atoms with E-state index in [1.807, 2.05) is 6.92 Å². The molecule has 0 bridgehead atoms. The maximum absolute atomic E-state index is 13.0. The Hall–Kier alpha value is -2.13. The lowest BCUT2D eigenvalue weighted by Gasteiger charge is -2.58. The normalized spacial score (nSPS) is 26.1. The third kappa shape index (κ3) is 3.40. The number of barbiturate groups is 1. The van der Waals surface area contributed by atoms with Gasteiger partial charge in [-0.2, -0.15) is 0 Å². The van der Waals surface area contributed by atoms with Gasteiger partial charge in [0.2, 0.25) is 0 Å². The molecule has 0 aromatic heterocycles. The van der Waals surface area contributed by atoms with Gasteiger partial charge in [0.1, 0.15) is 11.4 Å². The Morgan fingerprint density at radius 3 is 2.24 bits per heavy atom. The van der Waals surface area contributed by atoms with Gasteiger partial charge in [-0.05, 0) is 37.5 Å². The first-order valence-electron chi connectivity index (χ1n) is 10.6. The number of imide groups is 2. The Morgan fingerprint density at radius 2 is 1.72 bits per heavy atom. The highest BCUT2D eigenvalue weighted by Gasteiger charge is 2.52. The molecular weight excluding hydrogens is 374 g/mol. The predicted molar refractivity (Wildman–Crippen MR) is 105 cm³/mol. The summed E-state index contributed by atoms with van der Waals surface area (Å²) in [4.78, 5) is 43.5. The molecule has 4 amide bonds. The molecule has 0 atom stereocenters. The van der Waals surface area contributed by atoms with Crippen LogP contribution in [-0.2, 0) is 14.3 Å². The Morgan fingerprint density at radius 1 is 1.07 bits per heavy atom. The van der Waals surface area contributed by atoms with Crippen molar-refractivity contribution in [3.05, 3.63) is 11.4 Å².